The predicted octanol–water partition coefficient (Wildman–Crippen LogP) is 3.04. The lowest BCUT2D eigenvalue weighted by atomic mass is 9.50. The highest BCUT2D eigenvalue weighted by Crippen LogP contribution is 2.56. The minimum absolute atomic E-state index is 0.296. The first kappa shape index (κ1) is 14.0. The molecule has 0 aliphatic heterocycles. The molecule has 0 saturated heterocycles. The molecule has 1 saturated carbocycles. The number of nitriles is 4. The van der Waals surface area contributed by atoms with Gasteiger partial charge in [0.15, 0.2) is 10.8 Å². The van der Waals surface area contributed by atoms with Crippen LogP contribution >= 0.6 is 0 Å². The average molecular weight is 240 g/mol. The van der Waals surface area contributed by atoms with Gasteiger partial charge in [0.25, 0.3) is 0 Å². The molecule has 1 aliphatic carbocycles. The Morgan fingerprint density at radius 1 is 0.722 bits per heavy atom. The van der Waals surface area contributed by atoms with Crippen molar-refractivity contribution in [3.8, 4) is 24.3 Å². The Labute approximate surface area is 108 Å². The van der Waals surface area contributed by atoms with Crippen molar-refractivity contribution in [1.29, 1.82) is 21.0 Å². The van der Waals surface area contributed by atoms with Crippen LogP contribution in [0.2, 0.25) is 0 Å². The van der Waals surface area contributed by atoms with Gasteiger partial charge in [-0.1, -0.05) is 33.1 Å². The SMILES string of the molecule is CC1(C)CCCCCC(C#N)(C#N)C1(C#N)C#N. The molecule has 1 rings (SSSR count). The fourth-order valence-corrected chi connectivity index (χ4v) is 2.91. The topological polar surface area (TPSA) is 95.2 Å². The first-order chi connectivity index (χ1) is 8.45. The zero-order chi connectivity index (χ0) is 13.9. The van der Waals surface area contributed by atoms with Crippen LogP contribution in [0.3, 0.4) is 0 Å². The summed E-state index contributed by atoms with van der Waals surface area (Å²) in [6.45, 7) is 3.63. The Morgan fingerprint density at radius 3 is 1.67 bits per heavy atom. The maximum atomic E-state index is 9.52. The van der Waals surface area contributed by atoms with Gasteiger partial charge < -0.3 is 0 Å². The van der Waals surface area contributed by atoms with Crippen molar-refractivity contribution >= 4 is 0 Å². The number of hydrogen-bond acceptors (Lipinski definition) is 4. The summed E-state index contributed by atoms with van der Waals surface area (Å²) in [6.07, 6.45) is 3.54. The smallest absolute Gasteiger partial charge is 0.180 e. The minimum atomic E-state index is -1.57. The van der Waals surface area contributed by atoms with Gasteiger partial charge in [-0.15, -0.1) is 0 Å². The Bertz CT molecular complexity index is 462. The predicted molar refractivity (Wildman–Crippen MR) is 64.2 cm³/mol. The van der Waals surface area contributed by atoms with E-state index in [2.05, 4.69) is 0 Å². The van der Waals surface area contributed by atoms with Crippen molar-refractivity contribution in [1.82, 2.24) is 0 Å². The molecule has 0 unspecified atom stereocenters. The molecule has 0 amide bonds. The highest BCUT2D eigenvalue weighted by atomic mass is 14.6. The van der Waals surface area contributed by atoms with Gasteiger partial charge >= 0.3 is 0 Å². The van der Waals surface area contributed by atoms with Gasteiger partial charge in [0.05, 0.1) is 24.3 Å². The minimum Gasteiger partial charge on any atom is -0.196 e. The number of hydrogen-bond donors (Lipinski definition) is 0. The lowest BCUT2D eigenvalue weighted by Gasteiger charge is -2.44. The third kappa shape index (κ3) is 1.63. The molecular weight excluding hydrogens is 224 g/mol. The molecule has 0 N–H and O–H groups in total. The van der Waals surface area contributed by atoms with Crippen molar-refractivity contribution < 1.29 is 0 Å². The molecule has 1 aliphatic rings. The molecular formula is C14H16N4. The molecule has 1 fully saturated rings. The molecule has 0 aromatic heterocycles. The molecule has 0 atom stereocenters. The van der Waals surface area contributed by atoms with Crippen LogP contribution in [0.4, 0.5) is 0 Å². The van der Waals surface area contributed by atoms with Gasteiger partial charge in [-0.25, -0.2) is 0 Å². The monoisotopic (exact) mass is 240 g/mol. The lowest BCUT2D eigenvalue weighted by Crippen LogP contribution is -2.49. The van der Waals surface area contributed by atoms with E-state index >= 15 is 0 Å². The van der Waals surface area contributed by atoms with E-state index in [-0.39, 0.29) is 0 Å². The van der Waals surface area contributed by atoms with Crippen LogP contribution < -0.4 is 0 Å². The van der Waals surface area contributed by atoms with Crippen molar-refractivity contribution in [3.63, 3.8) is 0 Å². The third-order valence-corrected chi connectivity index (χ3v) is 4.23. The summed E-state index contributed by atoms with van der Waals surface area (Å²) in [5.74, 6) is 0. The summed E-state index contributed by atoms with van der Waals surface area (Å²) < 4.78 is 0. The summed E-state index contributed by atoms with van der Waals surface area (Å²) in [5.41, 5.74) is -3.76. The maximum absolute atomic E-state index is 9.52. The van der Waals surface area contributed by atoms with E-state index < -0.39 is 16.2 Å². The molecule has 0 aromatic rings. The van der Waals surface area contributed by atoms with Crippen molar-refractivity contribution in [3.05, 3.63) is 0 Å². The Balaban J connectivity index is 3.57. The maximum Gasteiger partial charge on any atom is 0.180 e. The summed E-state index contributed by atoms with van der Waals surface area (Å²) in [6, 6.07) is 7.98. The first-order valence-electron chi connectivity index (χ1n) is 6.10. The fraction of sp³-hybridized carbons (Fsp3) is 0.714. The Hall–Kier alpha value is -2.04. The average Bonchev–Trinajstić information content (AvgIpc) is 2.35. The molecule has 4 heteroatoms. The number of rotatable bonds is 0. The zero-order valence-corrected chi connectivity index (χ0v) is 10.8. The van der Waals surface area contributed by atoms with Crippen LogP contribution in [0, 0.1) is 61.6 Å². The van der Waals surface area contributed by atoms with E-state index in [0.29, 0.717) is 19.3 Å². The van der Waals surface area contributed by atoms with E-state index in [0.717, 1.165) is 12.8 Å². The van der Waals surface area contributed by atoms with E-state index in [1.165, 1.54) is 0 Å². The van der Waals surface area contributed by atoms with Gasteiger partial charge in [-0.2, -0.15) is 21.0 Å². The second-order valence-electron chi connectivity index (χ2n) is 5.55. The van der Waals surface area contributed by atoms with E-state index in [1.54, 1.807) is 0 Å². The fourth-order valence-electron chi connectivity index (χ4n) is 2.91. The van der Waals surface area contributed by atoms with E-state index in [9.17, 15) is 21.0 Å². The van der Waals surface area contributed by atoms with E-state index in [4.69, 9.17) is 0 Å². The largest absolute Gasteiger partial charge is 0.196 e. The second kappa shape index (κ2) is 4.68. The number of nitrogens with zero attached hydrogens (tertiary/aromatic N) is 4. The quantitative estimate of drug-likeness (QED) is 0.650. The third-order valence-electron chi connectivity index (χ3n) is 4.23. The summed E-state index contributed by atoms with van der Waals surface area (Å²) in [7, 11) is 0. The van der Waals surface area contributed by atoms with Crippen molar-refractivity contribution in [2.24, 2.45) is 16.2 Å². The second-order valence-corrected chi connectivity index (χ2v) is 5.55. The van der Waals surface area contributed by atoms with Crippen LogP contribution in [0.1, 0.15) is 46.0 Å². The standard InChI is InChI=1S/C14H16N4/c1-12(2)6-4-3-5-7-13(8-15,9-16)14(12,10-17)11-18/h3-7H2,1-2H3. The van der Waals surface area contributed by atoms with Crippen LogP contribution in [-0.2, 0) is 0 Å². The molecule has 0 bridgehead atoms. The van der Waals surface area contributed by atoms with Gasteiger partial charge in [-0.05, 0) is 18.3 Å². The molecule has 92 valence electrons. The van der Waals surface area contributed by atoms with Crippen LogP contribution in [0.5, 0.6) is 0 Å². The summed E-state index contributed by atoms with van der Waals surface area (Å²) in [5, 5.41) is 37.9. The van der Waals surface area contributed by atoms with Gasteiger partial charge in [0, 0.05) is 0 Å². The van der Waals surface area contributed by atoms with Gasteiger partial charge in [-0.3, -0.25) is 0 Å². The lowest BCUT2D eigenvalue weighted by molar-refractivity contribution is 0.0729. The van der Waals surface area contributed by atoms with Crippen LogP contribution in [0.25, 0.3) is 0 Å². The van der Waals surface area contributed by atoms with Gasteiger partial charge in [0.1, 0.15) is 0 Å². The van der Waals surface area contributed by atoms with Crippen LogP contribution in [0.15, 0.2) is 0 Å². The molecule has 0 spiro atoms. The summed E-state index contributed by atoms with van der Waals surface area (Å²) in [4.78, 5) is 0. The van der Waals surface area contributed by atoms with Gasteiger partial charge in [0.2, 0.25) is 0 Å². The normalized spacial score (nSPS) is 24.1. The van der Waals surface area contributed by atoms with Crippen molar-refractivity contribution in [2.45, 2.75) is 46.0 Å². The summed E-state index contributed by atoms with van der Waals surface area (Å²) >= 11 is 0. The Kier molecular flexibility index (Phi) is 3.65. The first-order valence-corrected chi connectivity index (χ1v) is 6.10. The molecule has 0 heterocycles. The zero-order valence-electron chi connectivity index (χ0n) is 10.8. The molecule has 4 nitrogen and oxygen atoms in total. The van der Waals surface area contributed by atoms with Crippen molar-refractivity contribution in [2.75, 3.05) is 0 Å². The Morgan fingerprint density at radius 2 is 1.22 bits per heavy atom. The van der Waals surface area contributed by atoms with E-state index in [1.807, 2.05) is 38.1 Å². The molecule has 0 aromatic carbocycles. The molecule has 0 radical (unpaired) electrons. The van der Waals surface area contributed by atoms with Crippen LogP contribution in [-0.4, -0.2) is 0 Å². The highest BCUT2D eigenvalue weighted by molar-refractivity contribution is 5.37. The highest BCUT2D eigenvalue weighted by Gasteiger charge is 2.62. The molecule has 18 heavy (non-hydrogen) atoms.